The minimum atomic E-state index is -0.419. The lowest BCUT2D eigenvalue weighted by atomic mass is 10.1. The van der Waals surface area contributed by atoms with Crippen LogP contribution in [0.5, 0.6) is 5.75 Å². The highest BCUT2D eigenvalue weighted by Gasteiger charge is 2.39. The van der Waals surface area contributed by atoms with Crippen molar-refractivity contribution in [2.45, 2.75) is 13.3 Å². The van der Waals surface area contributed by atoms with Crippen molar-refractivity contribution < 1.29 is 14.3 Å². The molecule has 1 fully saturated rings. The summed E-state index contributed by atoms with van der Waals surface area (Å²) in [5.41, 5.74) is 2.40. The number of nitrogens with zero attached hydrogens (tertiary/aromatic N) is 5. The van der Waals surface area contributed by atoms with E-state index in [4.69, 9.17) is 4.74 Å². The molecule has 166 valence electrons. The van der Waals surface area contributed by atoms with Gasteiger partial charge in [-0.05, 0) is 24.5 Å². The second kappa shape index (κ2) is 8.61. The van der Waals surface area contributed by atoms with Gasteiger partial charge >= 0.3 is 0 Å². The fourth-order valence-corrected chi connectivity index (χ4v) is 3.41. The number of aryl methyl sites for hydroxylation is 1. The largest absolute Gasteiger partial charge is 0.494 e. The highest BCUT2D eigenvalue weighted by molar-refractivity contribution is 6.00. The van der Waals surface area contributed by atoms with Gasteiger partial charge in [-0.25, -0.2) is 0 Å². The zero-order chi connectivity index (χ0) is 22.8. The molecular formula is C21H24N8O3. The van der Waals surface area contributed by atoms with Gasteiger partial charge in [-0.3, -0.25) is 9.59 Å². The van der Waals surface area contributed by atoms with Gasteiger partial charge < -0.3 is 20.7 Å². The van der Waals surface area contributed by atoms with Crippen molar-refractivity contribution in [2.75, 3.05) is 24.8 Å². The number of hydrogen-bond acceptors (Lipinski definition) is 8. The standard InChI is InChI=1S/C21H24N8O3/c1-11-8-13(11)20(30)25-17-9-15(18(27-26-17)21(31)22-2)24-14-7-5-6-12(19(14)32-4)16-10-23-29(3)28-16/h5-7,9-11,13H,8H2,1-4H3,(H,22,31)(H2,24,25,26,30)/t11-,13+/m0/s1. The molecule has 0 unspecified atom stereocenters. The van der Waals surface area contributed by atoms with Crippen LogP contribution in [0.15, 0.2) is 30.5 Å². The third-order valence-electron chi connectivity index (χ3n) is 5.30. The second-order valence-corrected chi connectivity index (χ2v) is 7.61. The number of para-hydroxylation sites is 1. The summed E-state index contributed by atoms with van der Waals surface area (Å²) in [5.74, 6) is 0.595. The Hall–Kier alpha value is -4.02. The van der Waals surface area contributed by atoms with Crippen LogP contribution < -0.4 is 20.7 Å². The van der Waals surface area contributed by atoms with Gasteiger partial charge in [0.05, 0.1) is 24.7 Å². The monoisotopic (exact) mass is 436 g/mol. The number of carbonyl (C=O) groups excluding carboxylic acids is 2. The van der Waals surface area contributed by atoms with Crippen LogP contribution in [0, 0.1) is 11.8 Å². The van der Waals surface area contributed by atoms with Crippen molar-refractivity contribution in [3.63, 3.8) is 0 Å². The maximum atomic E-state index is 12.4. The molecular weight excluding hydrogens is 412 g/mol. The van der Waals surface area contributed by atoms with Crippen molar-refractivity contribution in [1.82, 2.24) is 30.5 Å². The normalized spacial score (nSPS) is 16.9. The summed E-state index contributed by atoms with van der Waals surface area (Å²) in [6.45, 7) is 2.02. The van der Waals surface area contributed by atoms with Gasteiger partial charge in [0.25, 0.3) is 5.91 Å². The first-order valence-electron chi connectivity index (χ1n) is 10.1. The van der Waals surface area contributed by atoms with E-state index in [9.17, 15) is 9.59 Å². The van der Waals surface area contributed by atoms with E-state index in [0.717, 1.165) is 12.0 Å². The van der Waals surface area contributed by atoms with Gasteiger partial charge in [0.2, 0.25) is 5.91 Å². The summed E-state index contributed by atoms with van der Waals surface area (Å²) in [4.78, 5) is 26.2. The van der Waals surface area contributed by atoms with Gasteiger partial charge in [0.1, 0.15) is 5.69 Å². The summed E-state index contributed by atoms with van der Waals surface area (Å²) in [6.07, 6.45) is 2.49. The lowest BCUT2D eigenvalue weighted by Crippen LogP contribution is -2.22. The van der Waals surface area contributed by atoms with Crippen LogP contribution in [0.4, 0.5) is 17.2 Å². The third-order valence-corrected chi connectivity index (χ3v) is 5.30. The average Bonchev–Trinajstić information content (AvgIpc) is 3.37. The maximum absolute atomic E-state index is 12.4. The van der Waals surface area contributed by atoms with Gasteiger partial charge in [-0.1, -0.05) is 13.0 Å². The predicted octanol–water partition coefficient (Wildman–Crippen LogP) is 1.98. The Kier molecular flexibility index (Phi) is 5.71. The van der Waals surface area contributed by atoms with Crippen LogP contribution in [0.1, 0.15) is 23.8 Å². The molecule has 2 atom stereocenters. The Morgan fingerprint density at radius 3 is 2.62 bits per heavy atom. The Bertz CT molecular complexity index is 1180. The first-order valence-corrected chi connectivity index (χ1v) is 10.1. The van der Waals surface area contributed by atoms with Crippen LogP contribution >= 0.6 is 0 Å². The van der Waals surface area contributed by atoms with E-state index in [1.807, 2.05) is 19.1 Å². The second-order valence-electron chi connectivity index (χ2n) is 7.61. The Morgan fingerprint density at radius 2 is 2.00 bits per heavy atom. The van der Waals surface area contributed by atoms with E-state index in [-0.39, 0.29) is 23.3 Å². The summed E-state index contributed by atoms with van der Waals surface area (Å²) >= 11 is 0. The topological polar surface area (TPSA) is 136 Å². The Labute approximate surface area is 184 Å². The summed E-state index contributed by atoms with van der Waals surface area (Å²) < 4.78 is 5.64. The number of aromatic nitrogens is 5. The van der Waals surface area contributed by atoms with Crippen molar-refractivity contribution in [3.8, 4) is 17.0 Å². The minimum absolute atomic E-state index is 0.0180. The number of benzene rings is 1. The highest BCUT2D eigenvalue weighted by atomic mass is 16.5. The van der Waals surface area contributed by atoms with Crippen molar-refractivity contribution >= 4 is 29.0 Å². The molecule has 0 bridgehead atoms. The summed E-state index contributed by atoms with van der Waals surface area (Å²) in [5, 5.41) is 25.0. The van der Waals surface area contributed by atoms with Crippen LogP contribution in [-0.4, -0.2) is 51.2 Å². The molecule has 32 heavy (non-hydrogen) atoms. The molecule has 4 rings (SSSR count). The molecule has 2 heterocycles. The van der Waals surface area contributed by atoms with Gasteiger partial charge in [0.15, 0.2) is 17.3 Å². The molecule has 0 saturated heterocycles. The molecule has 11 heteroatoms. The Morgan fingerprint density at radius 1 is 1.22 bits per heavy atom. The predicted molar refractivity (Wildman–Crippen MR) is 118 cm³/mol. The lowest BCUT2D eigenvalue weighted by molar-refractivity contribution is -0.117. The molecule has 2 aromatic heterocycles. The number of nitrogens with one attached hydrogen (secondary N) is 3. The fourth-order valence-electron chi connectivity index (χ4n) is 3.41. The molecule has 0 spiro atoms. The van der Waals surface area contributed by atoms with E-state index in [1.165, 1.54) is 11.8 Å². The maximum Gasteiger partial charge on any atom is 0.273 e. The van der Waals surface area contributed by atoms with Gasteiger partial charge in [0, 0.05) is 31.6 Å². The van der Waals surface area contributed by atoms with Crippen LogP contribution in [0.2, 0.25) is 0 Å². The molecule has 2 amide bonds. The van der Waals surface area contributed by atoms with E-state index >= 15 is 0 Å². The first kappa shape index (κ1) is 21.2. The first-order chi connectivity index (χ1) is 15.4. The molecule has 11 nitrogen and oxygen atoms in total. The number of anilines is 3. The molecule has 1 aliphatic rings. The molecule has 1 aliphatic carbocycles. The molecule has 3 N–H and O–H groups in total. The van der Waals surface area contributed by atoms with E-state index in [1.54, 1.807) is 32.5 Å². The summed E-state index contributed by atoms with van der Waals surface area (Å²) in [7, 11) is 4.79. The van der Waals surface area contributed by atoms with Crippen molar-refractivity contribution in [3.05, 3.63) is 36.2 Å². The zero-order valence-electron chi connectivity index (χ0n) is 18.2. The van der Waals surface area contributed by atoms with Crippen LogP contribution in [-0.2, 0) is 11.8 Å². The lowest BCUT2D eigenvalue weighted by Gasteiger charge is -2.16. The fraction of sp³-hybridized carbons (Fsp3) is 0.333. The number of amides is 2. The SMILES string of the molecule is CNC(=O)c1nnc(NC(=O)[C@@H]2C[C@@H]2C)cc1Nc1cccc(-c2cnn(C)n2)c1OC. The zero-order valence-corrected chi connectivity index (χ0v) is 18.2. The Balaban J connectivity index is 1.70. The number of hydrogen-bond donors (Lipinski definition) is 3. The smallest absolute Gasteiger partial charge is 0.273 e. The number of rotatable bonds is 7. The molecule has 1 aromatic carbocycles. The van der Waals surface area contributed by atoms with Crippen molar-refractivity contribution in [1.29, 1.82) is 0 Å². The van der Waals surface area contributed by atoms with E-state index < -0.39 is 5.91 Å². The third kappa shape index (κ3) is 4.22. The van der Waals surface area contributed by atoms with Gasteiger partial charge in [-0.2, -0.15) is 15.0 Å². The van der Waals surface area contributed by atoms with E-state index in [2.05, 4.69) is 36.3 Å². The number of ether oxygens (including phenoxy) is 1. The highest BCUT2D eigenvalue weighted by Crippen LogP contribution is 2.39. The van der Waals surface area contributed by atoms with Gasteiger partial charge in [-0.15, -0.1) is 10.2 Å². The number of carbonyl (C=O) groups is 2. The molecule has 0 radical (unpaired) electrons. The molecule has 0 aliphatic heterocycles. The quantitative estimate of drug-likeness (QED) is 0.511. The van der Waals surface area contributed by atoms with Crippen LogP contribution in [0.25, 0.3) is 11.3 Å². The average molecular weight is 436 g/mol. The minimum Gasteiger partial charge on any atom is -0.494 e. The molecule has 3 aromatic rings. The van der Waals surface area contributed by atoms with Crippen LogP contribution in [0.3, 0.4) is 0 Å². The summed E-state index contributed by atoms with van der Waals surface area (Å²) in [6, 6.07) is 7.08. The van der Waals surface area contributed by atoms with Crippen molar-refractivity contribution in [2.24, 2.45) is 18.9 Å². The van der Waals surface area contributed by atoms with E-state index in [0.29, 0.717) is 28.7 Å². The molecule has 1 saturated carbocycles. The number of methoxy groups -OCH3 is 1.